The molecule has 1 aromatic heterocycles. The monoisotopic (exact) mass is 333 g/mol. The fourth-order valence-electron chi connectivity index (χ4n) is 3.06. The molecular formula is C17H20ClN3O2. The van der Waals surface area contributed by atoms with Crippen molar-refractivity contribution in [2.24, 2.45) is 0 Å². The highest BCUT2D eigenvalue weighted by Crippen LogP contribution is 2.29. The van der Waals surface area contributed by atoms with Crippen LogP contribution in [-0.2, 0) is 22.7 Å². The van der Waals surface area contributed by atoms with Gasteiger partial charge in [0.1, 0.15) is 6.04 Å². The molecule has 0 fully saturated rings. The number of hydrogen-bond acceptors (Lipinski definition) is 2. The lowest BCUT2D eigenvalue weighted by Gasteiger charge is -2.31. The Morgan fingerprint density at radius 3 is 2.87 bits per heavy atom. The zero-order valence-electron chi connectivity index (χ0n) is 13.3. The number of amides is 2. The highest BCUT2D eigenvalue weighted by Gasteiger charge is 2.26. The highest BCUT2D eigenvalue weighted by atomic mass is 35.5. The molecular weight excluding hydrogens is 314 g/mol. The van der Waals surface area contributed by atoms with Crippen molar-refractivity contribution in [2.45, 2.75) is 39.4 Å². The van der Waals surface area contributed by atoms with Gasteiger partial charge < -0.3 is 14.8 Å². The van der Waals surface area contributed by atoms with Crippen LogP contribution in [0.15, 0.2) is 24.3 Å². The maximum Gasteiger partial charge on any atom is 0.245 e. The molecule has 1 atom stereocenters. The number of nitrogens with zero attached hydrogens (tertiary/aromatic N) is 2. The minimum absolute atomic E-state index is 0.0468. The van der Waals surface area contributed by atoms with Crippen LogP contribution in [0.4, 0.5) is 0 Å². The molecule has 1 N–H and O–H groups in total. The number of hydrogen-bond donors (Lipinski definition) is 1. The third-order valence-corrected chi connectivity index (χ3v) is 4.64. The van der Waals surface area contributed by atoms with Crippen LogP contribution >= 0.6 is 11.6 Å². The molecule has 0 radical (unpaired) electrons. The van der Waals surface area contributed by atoms with E-state index in [2.05, 4.69) is 9.88 Å². The first kappa shape index (κ1) is 15.9. The molecule has 1 aliphatic heterocycles. The number of carbonyl (C=O) groups excluding carboxylic acids is 2. The lowest BCUT2D eigenvalue weighted by atomic mass is 10.2. The first-order valence-electron chi connectivity index (χ1n) is 7.86. The molecule has 2 heterocycles. The summed E-state index contributed by atoms with van der Waals surface area (Å²) in [4.78, 5) is 25.8. The lowest BCUT2D eigenvalue weighted by molar-refractivity contribution is -0.137. The summed E-state index contributed by atoms with van der Waals surface area (Å²) >= 11 is 6.26. The molecule has 1 unspecified atom stereocenters. The van der Waals surface area contributed by atoms with Crippen molar-refractivity contribution in [3.8, 4) is 0 Å². The van der Waals surface area contributed by atoms with Crippen LogP contribution in [0.3, 0.4) is 0 Å². The second kappa shape index (κ2) is 6.24. The fraction of sp³-hybridized carbons (Fsp3) is 0.412. The maximum atomic E-state index is 12.5. The van der Waals surface area contributed by atoms with Gasteiger partial charge in [-0.3, -0.25) is 9.59 Å². The molecule has 1 aliphatic rings. The van der Waals surface area contributed by atoms with E-state index in [0.29, 0.717) is 19.5 Å². The van der Waals surface area contributed by atoms with Gasteiger partial charge >= 0.3 is 0 Å². The molecule has 122 valence electrons. The summed E-state index contributed by atoms with van der Waals surface area (Å²) in [5.41, 5.74) is 2.17. The van der Waals surface area contributed by atoms with E-state index in [1.165, 1.54) is 0 Å². The van der Waals surface area contributed by atoms with E-state index in [-0.39, 0.29) is 11.8 Å². The first-order chi connectivity index (χ1) is 11.0. The van der Waals surface area contributed by atoms with E-state index >= 15 is 0 Å². The van der Waals surface area contributed by atoms with E-state index in [9.17, 15) is 9.59 Å². The van der Waals surface area contributed by atoms with Gasteiger partial charge in [-0.15, -0.1) is 0 Å². The number of carbonyl (C=O) groups is 2. The number of halogens is 1. The van der Waals surface area contributed by atoms with Crippen molar-refractivity contribution < 1.29 is 9.59 Å². The predicted molar refractivity (Wildman–Crippen MR) is 90.3 cm³/mol. The molecule has 2 amide bonds. The highest BCUT2D eigenvalue weighted by molar-refractivity contribution is 6.35. The largest absolute Gasteiger partial charge is 0.345 e. The van der Waals surface area contributed by atoms with Crippen LogP contribution in [0.5, 0.6) is 0 Å². The van der Waals surface area contributed by atoms with Gasteiger partial charge in [0.15, 0.2) is 0 Å². The van der Waals surface area contributed by atoms with Crippen LogP contribution in [0.1, 0.15) is 26.0 Å². The number of aromatic nitrogens is 1. The van der Waals surface area contributed by atoms with Crippen LogP contribution in [-0.4, -0.2) is 33.9 Å². The maximum absolute atomic E-state index is 12.5. The SMILES string of the molecule is CCC(=O)NC(C)C(=O)N1CCn2c(cc3c(Cl)cccc32)C1. The third kappa shape index (κ3) is 2.93. The zero-order valence-corrected chi connectivity index (χ0v) is 14.1. The predicted octanol–water partition coefficient (Wildman–Crippen LogP) is 2.55. The topological polar surface area (TPSA) is 54.3 Å². The summed E-state index contributed by atoms with van der Waals surface area (Å²) in [6.07, 6.45) is 0.379. The lowest BCUT2D eigenvalue weighted by Crippen LogP contribution is -2.48. The third-order valence-electron chi connectivity index (χ3n) is 4.31. The molecule has 3 rings (SSSR count). The Morgan fingerprint density at radius 1 is 1.35 bits per heavy atom. The molecule has 0 saturated heterocycles. The van der Waals surface area contributed by atoms with Crippen molar-refractivity contribution in [3.63, 3.8) is 0 Å². The molecule has 1 aromatic carbocycles. The van der Waals surface area contributed by atoms with Crippen molar-refractivity contribution in [2.75, 3.05) is 6.54 Å². The van der Waals surface area contributed by atoms with E-state index in [1.807, 2.05) is 24.3 Å². The smallest absolute Gasteiger partial charge is 0.245 e. The minimum Gasteiger partial charge on any atom is -0.345 e. The van der Waals surface area contributed by atoms with Gasteiger partial charge in [0.25, 0.3) is 0 Å². The average molecular weight is 334 g/mol. The summed E-state index contributed by atoms with van der Waals surface area (Å²) in [6.45, 7) is 5.41. The summed E-state index contributed by atoms with van der Waals surface area (Å²) < 4.78 is 2.21. The number of rotatable bonds is 3. The zero-order chi connectivity index (χ0) is 16.6. The van der Waals surface area contributed by atoms with E-state index in [1.54, 1.807) is 18.7 Å². The number of nitrogens with one attached hydrogen (secondary N) is 1. The molecule has 0 spiro atoms. The summed E-state index contributed by atoms with van der Waals surface area (Å²) in [5, 5.41) is 4.48. The Balaban J connectivity index is 1.80. The van der Waals surface area contributed by atoms with Crippen LogP contribution in [0.25, 0.3) is 10.9 Å². The Morgan fingerprint density at radius 2 is 2.13 bits per heavy atom. The minimum atomic E-state index is -0.498. The van der Waals surface area contributed by atoms with Gasteiger partial charge in [0, 0.05) is 41.1 Å². The summed E-state index contributed by atoms with van der Waals surface area (Å²) in [7, 11) is 0. The van der Waals surface area contributed by atoms with Gasteiger partial charge in [-0.25, -0.2) is 0 Å². The number of fused-ring (bicyclic) bond motifs is 3. The van der Waals surface area contributed by atoms with E-state index in [0.717, 1.165) is 28.2 Å². The van der Waals surface area contributed by atoms with Crippen LogP contribution in [0.2, 0.25) is 5.02 Å². The fourth-order valence-corrected chi connectivity index (χ4v) is 3.28. The Bertz CT molecular complexity index is 769. The average Bonchev–Trinajstić information content (AvgIpc) is 2.93. The van der Waals surface area contributed by atoms with E-state index in [4.69, 9.17) is 11.6 Å². The van der Waals surface area contributed by atoms with Gasteiger partial charge in [0.2, 0.25) is 11.8 Å². The quantitative estimate of drug-likeness (QED) is 0.938. The Hall–Kier alpha value is -2.01. The van der Waals surface area contributed by atoms with Gasteiger partial charge in [-0.2, -0.15) is 0 Å². The van der Waals surface area contributed by atoms with Gasteiger partial charge in [-0.1, -0.05) is 24.6 Å². The van der Waals surface area contributed by atoms with Crippen molar-refractivity contribution in [1.82, 2.24) is 14.8 Å². The van der Waals surface area contributed by atoms with Crippen molar-refractivity contribution >= 4 is 34.3 Å². The van der Waals surface area contributed by atoms with Gasteiger partial charge in [0.05, 0.1) is 6.54 Å². The first-order valence-corrected chi connectivity index (χ1v) is 8.23. The molecule has 6 heteroatoms. The summed E-state index contributed by atoms with van der Waals surface area (Å²) in [5.74, 6) is -0.154. The van der Waals surface area contributed by atoms with Gasteiger partial charge in [-0.05, 0) is 25.1 Å². The molecule has 2 aromatic rings. The molecule has 5 nitrogen and oxygen atoms in total. The molecule has 23 heavy (non-hydrogen) atoms. The Kier molecular flexibility index (Phi) is 4.31. The summed E-state index contributed by atoms with van der Waals surface area (Å²) in [6, 6.07) is 7.42. The second-order valence-corrected chi connectivity index (χ2v) is 6.27. The van der Waals surface area contributed by atoms with E-state index < -0.39 is 6.04 Å². The number of benzene rings is 1. The standard InChI is InChI=1S/C17H20ClN3O2/c1-3-16(22)19-11(2)17(23)20-7-8-21-12(10-20)9-13-14(18)5-4-6-15(13)21/h4-6,9,11H,3,7-8,10H2,1-2H3,(H,19,22). The molecule has 0 aliphatic carbocycles. The molecule has 0 bridgehead atoms. The van der Waals surface area contributed by atoms with Crippen LogP contribution < -0.4 is 5.32 Å². The van der Waals surface area contributed by atoms with Crippen LogP contribution in [0, 0.1) is 0 Å². The van der Waals surface area contributed by atoms with Crippen molar-refractivity contribution in [3.05, 3.63) is 35.0 Å². The van der Waals surface area contributed by atoms with Crippen molar-refractivity contribution in [1.29, 1.82) is 0 Å². The Labute approximate surface area is 140 Å². The second-order valence-electron chi connectivity index (χ2n) is 5.86. The normalized spacial score (nSPS) is 15.3. The molecule has 0 saturated carbocycles.